The van der Waals surface area contributed by atoms with Gasteiger partial charge < -0.3 is 10.1 Å². The fraction of sp³-hybridized carbons (Fsp3) is 0.438. The number of hydrogen-bond acceptors (Lipinski definition) is 3. The lowest BCUT2D eigenvalue weighted by Gasteiger charge is -2.23. The number of hydrogen-bond donors (Lipinski definition) is 2. The Kier molecular flexibility index (Phi) is 4.02. The highest BCUT2D eigenvalue weighted by atomic mass is 16.5. The number of piperidine rings is 1. The van der Waals surface area contributed by atoms with Crippen LogP contribution in [0.15, 0.2) is 30.5 Å². The molecule has 1 fully saturated rings. The molecular formula is C16H21N3O. The van der Waals surface area contributed by atoms with Crippen LogP contribution in [0.1, 0.15) is 25.0 Å². The molecule has 0 aliphatic carbocycles. The number of aromatic nitrogens is 2. The monoisotopic (exact) mass is 271 g/mol. The van der Waals surface area contributed by atoms with Crippen LogP contribution < -0.4 is 10.1 Å². The van der Waals surface area contributed by atoms with E-state index in [2.05, 4.69) is 27.6 Å². The van der Waals surface area contributed by atoms with E-state index in [1.54, 1.807) is 7.11 Å². The smallest absolute Gasteiger partial charge is 0.119 e. The zero-order valence-electron chi connectivity index (χ0n) is 11.9. The first-order valence-corrected chi connectivity index (χ1v) is 7.27. The molecule has 1 aliphatic heterocycles. The Morgan fingerprint density at radius 2 is 2.30 bits per heavy atom. The zero-order valence-corrected chi connectivity index (χ0v) is 11.9. The van der Waals surface area contributed by atoms with Crippen LogP contribution in [0.2, 0.25) is 0 Å². The Morgan fingerprint density at radius 3 is 3.10 bits per heavy atom. The largest absolute Gasteiger partial charge is 0.497 e. The van der Waals surface area contributed by atoms with Gasteiger partial charge in [-0.15, -0.1) is 0 Å². The average Bonchev–Trinajstić information content (AvgIpc) is 2.96. The third-order valence-corrected chi connectivity index (χ3v) is 3.96. The molecule has 4 nitrogen and oxygen atoms in total. The van der Waals surface area contributed by atoms with Crippen molar-refractivity contribution < 1.29 is 4.74 Å². The summed E-state index contributed by atoms with van der Waals surface area (Å²) in [6, 6.07) is 8.71. The Labute approximate surface area is 119 Å². The van der Waals surface area contributed by atoms with Crippen molar-refractivity contribution in [3.05, 3.63) is 36.2 Å². The lowest BCUT2D eigenvalue weighted by molar-refractivity contribution is 0.397. The molecule has 106 valence electrons. The fourth-order valence-electron chi connectivity index (χ4n) is 2.85. The fourth-order valence-corrected chi connectivity index (χ4v) is 2.85. The first-order valence-electron chi connectivity index (χ1n) is 7.27. The second kappa shape index (κ2) is 6.09. The summed E-state index contributed by atoms with van der Waals surface area (Å²) in [4.78, 5) is 0. The molecule has 0 saturated carbocycles. The van der Waals surface area contributed by atoms with E-state index in [1.165, 1.54) is 30.5 Å². The van der Waals surface area contributed by atoms with Gasteiger partial charge in [0, 0.05) is 23.7 Å². The lowest BCUT2D eigenvalue weighted by atomic mass is 9.97. The summed E-state index contributed by atoms with van der Waals surface area (Å²) < 4.78 is 5.30. The third kappa shape index (κ3) is 2.85. The second-order valence-electron chi connectivity index (χ2n) is 5.35. The minimum absolute atomic E-state index is 0.563. The Balaban J connectivity index is 1.81. The molecule has 1 unspecified atom stereocenters. The van der Waals surface area contributed by atoms with Gasteiger partial charge in [0.2, 0.25) is 0 Å². The SMILES string of the molecule is COc1cccc(-c2cn[nH]c2CC2CCCCN2)c1. The second-order valence-corrected chi connectivity index (χ2v) is 5.35. The van der Waals surface area contributed by atoms with E-state index in [-0.39, 0.29) is 0 Å². The van der Waals surface area contributed by atoms with E-state index in [4.69, 9.17) is 4.74 Å². The molecule has 2 heterocycles. The number of rotatable bonds is 4. The van der Waals surface area contributed by atoms with Crippen LogP contribution in [0.4, 0.5) is 0 Å². The zero-order chi connectivity index (χ0) is 13.8. The number of ether oxygens (including phenoxy) is 1. The van der Waals surface area contributed by atoms with Crippen molar-refractivity contribution in [2.45, 2.75) is 31.7 Å². The maximum absolute atomic E-state index is 5.30. The van der Waals surface area contributed by atoms with Gasteiger partial charge in [-0.2, -0.15) is 5.10 Å². The van der Waals surface area contributed by atoms with Crippen LogP contribution in [0.3, 0.4) is 0 Å². The third-order valence-electron chi connectivity index (χ3n) is 3.96. The van der Waals surface area contributed by atoms with Crippen molar-refractivity contribution in [3.8, 4) is 16.9 Å². The highest BCUT2D eigenvalue weighted by Gasteiger charge is 2.16. The lowest BCUT2D eigenvalue weighted by Crippen LogP contribution is -2.35. The molecule has 2 aromatic rings. The summed E-state index contributed by atoms with van der Waals surface area (Å²) in [6.45, 7) is 1.13. The predicted octanol–water partition coefficient (Wildman–Crippen LogP) is 2.77. The topological polar surface area (TPSA) is 49.9 Å². The van der Waals surface area contributed by atoms with E-state index in [9.17, 15) is 0 Å². The quantitative estimate of drug-likeness (QED) is 0.899. The molecule has 1 aromatic carbocycles. The molecular weight excluding hydrogens is 250 g/mol. The minimum atomic E-state index is 0.563. The summed E-state index contributed by atoms with van der Waals surface area (Å²) in [5, 5.41) is 11.0. The molecule has 0 bridgehead atoms. The molecule has 0 spiro atoms. The standard InChI is InChI=1S/C16H21N3O/c1-20-14-7-4-5-12(9-14)15-11-18-19-16(15)10-13-6-2-3-8-17-13/h4-5,7,9,11,13,17H,2-3,6,8,10H2,1H3,(H,18,19). The minimum Gasteiger partial charge on any atom is -0.497 e. The van der Waals surface area contributed by atoms with Gasteiger partial charge in [-0.1, -0.05) is 18.6 Å². The van der Waals surface area contributed by atoms with E-state index in [0.717, 1.165) is 24.3 Å². The van der Waals surface area contributed by atoms with Gasteiger partial charge >= 0.3 is 0 Å². The highest BCUT2D eigenvalue weighted by molar-refractivity contribution is 5.66. The molecule has 1 saturated heterocycles. The van der Waals surface area contributed by atoms with Crippen molar-refractivity contribution in [2.75, 3.05) is 13.7 Å². The van der Waals surface area contributed by atoms with E-state index in [0.29, 0.717) is 6.04 Å². The Hall–Kier alpha value is -1.81. The maximum Gasteiger partial charge on any atom is 0.119 e. The Bertz CT molecular complexity index is 558. The van der Waals surface area contributed by atoms with Crippen LogP contribution in [0, 0.1) is 0 Å². The summed E-state index contributed by atoms with van der Waals surface area (Å²) in [5.41, 5.74) is 3.54. The van der Waals surface area contributed by atoms with Gasteiger partial charge in [-0.05, 0) is 37.1 Å². The molecule has 1 aromatic heterocycles. The molecule has 1 aliphatic rings. The molecule has 0 radical (unpaired) electrons. The van der Waals surface area contributed by atoms with E-state index < -0.39 is 0 Å². The highest BCUT2D eigenvalue weighted by Crippen LogP contribution is 2.27. The van der Waals surface area contributed by atoms with Gasteiger partial charge in [0.25, 0.3) is 0 Å². The van der Waals surface area contributed by atoms with Crippen molar-refractivity contribution in [3.63, 3.8) is 0 Å². The van der Waals surface area contributed by atoms with Gasteiger partial charge in [-0.3, -0.25) is 5.10 Å². The molecule has 2 N–H and O–H groups in total. The first-order chi connectivity index (χ1) is 9.86. The van der Waals surface area contributed by atoms with Crippen LogP contribution in [0.25, 0.3) is 11.1 Å². The number of H-pyrrole nitrogens is 1. The number of nitrogens with zero attached hydrogens (tertiary/aromatic N) is 1. The van der Waals surface area contributed by atoms with Crippen molar-refractivity contribution >= 4 is 0 Å². The molecule has 0 amide bonds. The average molecular weight is 271 g/mol. The summed E-state index contributed by atoms with van der Waals surface area (Å²) in [6.07, 6.45) is 6.78. The van der Waals surface area contributed by atoms with Gasteiger partial charge in [0.15, 0.2) is 0 Å². The summed E-state index contributed by atoms with van der Waals surface area (Å²) >= 11 is 0. The maximum atomic E-state index is 5.30. The van der Waals surface area contributed by atoms with Gasteiger partial charge in [-0.25, -0.2) is 0 Å². The molecule has 3 rings (SSSR count). The molecule has 20 heavy (non-hydrogen) atoms. The van der Waals surface area contributed by atoms with Crippen molar-refractivity contribution in [1.82, 2.24) is 15.5 Å². The van der Waals surface area contributed by atoms with Crippen LogP contribution in [0.5, 0.6) is 5.75 Å². The summed E-state index contributed by atoms with van der Waals surface area (Å²) in [7, 11) is 1.70. The van der Waals surface area contributed by atoms with Gasteiger partial charge in [0.1, 0.15) is 5.75 Å². The van der Waals surface area contributed by atoms with Gasteiger partial charge in [0.05, 0.1) is 13.3 Å². The first kappa shape index (κ1) is 13.2. The van der Waals surface area contributed by atoms with Crippen LogP contribution in [-0.2, 0) is 6.42 Å². The molecule has 1 atom stereocenters. The normalized spacial score (nSPS) is 18.9. The number of benzene rings is 1. The Morgan fingerprint density at radius 1 is 1.35 bits per heavy atom. The predicted molar refractivity (Wildman–Crippen MR) is 79.9 cm³/mol. The number of methoxy groups -OCH3 is 1. The van der Waals surface area contributed by atoms with Crippen LogP contribution >= 0.6 is 0 Å². The van der Waals surface area contributed by atoms with E-state index >= 15 is 0 Å². The summed E-state index contributed by atoms with van der Waals surface area (Å²) in [5.74, 6) is 0.880. The number of aromatic amines is 1. The van der Waals surface area contributed by atoms with Crippen molar-refractivity contribution in [1.29, 1.82) is 0 Å². The van der Waals surface area contributed by atoms with Crippen molar-refractivity contribution in [2.24, 2.45) is 0 Å². The van der Waals surface area contributed by atoms with Crippen LogP contribution in [-0.4, -0.2) is 29.9 Å². The molecule has 4 heteroatoms. The number of nitrogens with one attached hydrogen (secondary N) is 2. The van der Waals surface area contributed by atoms with E-state index in [1.807, 2.05) is 18.3 Å².